The third-order valence-electron chi connectivity index (χ3n) is 6.21. The molecule has 6 nitrogen and oxygen atoms in total. The van der Waals surface area contributed by atoms with Gasteiger partial charge in [0.05, 0.1) is 24.7 Å². The van der Waals surface area contributed by atoms with Crippen molar-refractivity contribution >= 4 is 17.4 Å². The van der Waals surface area contributed by atoms with E-state index in [1.165, 1.54) is 12.3 Å². The van der Waals surface area contributed by atoms with Crippen LogP contribution in [0.5, 0.6) is 0 Å². The van der Waals surface area contributed by atoms with Gasteiger partial charge in [-0.3, -0.25) is 9.36 Å². The number of nitrogens with zero attached hydrogens (tertiary/aromatic N) is 4. The molecule has 2 aromatic heterocycles. The van der Waals surface area contributed by atoms with Gasteiger partial charge in [-0.1, -0.05) is 11.6 Å². The molecule has 1 unspecified atom stereocenters. The molecule has 0 radical (unpaired) electrons. The fraction of sp³-hybridized carbons (Fsp3) is 0.550. The molecule has 4 heterocycles. The number of fused-ring (bicyclic) bond motifs is 1. The molecular weight excluding hydrogens is 440 g/mol. The summed E-state index contributed by atoms with van der Waals surface area (Å²) in [5.74, 6) is -2.65. The number of anilines is 1. The van der Waals surface area contributed by atoms with Gasteiger partial charge in [-0.25, -0.2) is 9.97 Å². The number of halogens is 5. The number of pyridine rings is 1. The smallest absolute Gasteiger partial charge is 0.377 e. The average Bonchev–Trinajstić information content (AvgIpc) is 2.99. The molecule has 0 aliphatic carbocycles. The van der Waals surface area contributed by atoms with E-state index >= 15 is 0 Å². The zero-order valence-electron chi connectivity index (χ0n) is 16.9. The van der Waals surface area contributed by atoms with Crippen molar-refractivity contribution < 1.29 is 22.3 Å². The summed E-state index contributed by atoms with van der Waals surface area (Å²) >= 11 is 5.91. The monoisotopic (exact) mass is 460 g/mol. The normalized spacial score (nSPS) is 26.2. The molecule has 168 valence electrons. The second-order valence-electron chi connectivity index (χ2n) is 8.27. The summed E-state index contributed by atoms with van der Waals surface area (Å²) in [4.78, 5) is 22.5. The van der Waals surface area contributed by atoms with Crippen LogP contribution in [0.4, 0.5) is 23.4 Å². The minimum absolute atomic E-state index is 0.0750. The number of hydrogen-bond donors (Lipinski definition) is 0. The summed E-state index contributed by atoms with van der Waals surface area (Å²) in [6.45, 7) is 3.03. The minimum Gasteiger partial charge on any atom is -0.377 e. The lowest BCUT2D eigenvalue weighted by Crippen LogP contribution is -2.46. The Morgan fingerprint density at radius 1 is 1.39 bits per heavy atom. The molecule has 3 atom stereocenters. The van der Waals surface area contributed by atoms with Crippen LogP contribution in [-0.4, -0.2) is 46.5 Å². The summed E-state index contributed by atoms with van der Waals surface area (Å²) in [7, 11) is 0. The van der Waals surface area contributed by atoms with Gasteiger partial charge in [0.15, 0.2) is 5.82 Å². The first-order valence-corrected chi connectivity index (χ1v) is 10.2. The standard InChI is InChI=1S/C20H21ClF4N4O2/c1-11-9-31-6-5-28(11)17-15(22)18(30)29-10-19(2,20(23,24)25)13(16(29)27-17)7-12-3-4-26-14(21)8-12/h3-4,8,11,13H,5-7,9-10H2,1-2H3/t11-,13?,19-/m1/s1. The quantitative estimate of drug-likeness (QED) is 0.518. The van der Waals surface area contributed by atoms with Gasteiger partial charge in [0.1, 0.15) is 11.0 Å². The zero-order valence-corrected chi connectivity index (χ0v) is 17.7. The molecule has 2 aromatic rings. The van der Waals surface area contributed by atoms with Crippen LogP contribution >= 0.6 is 11.6 Å². The Morgan fingerprint density at radius 3 is 2.77 bits per heavy atom. The Kier molecular flexibility index (Phi) is 5.49. The van der Waals surface area contributed by atoms with Crippen LogP contribution in [0.3, 0.4) is 0 Å². The van der Waals surface area contributed by atoms with Crippen molar-refractivity contribution in [3.63, 3.8) is 0 Å². The lowest BCUT2D eigenvalue weighted by molar-refractivity contribution is -0.225. The Hall–Kier alpha value is -2.20. The number of aromatic nitrogens is 3. The summed E-state index contributed by atoms with van der Waals surface area (Å²) in [6.07, 6.45) is -3.31. The molecule has 1 fully saturated rings. The van der Waals surface area contributed by atoms with Crippen LogP contribution in [-0.2, 0) is 17.7 Å². The summed E-state index contributed by atoms with van der Waals surface area (Å²) in [6, 6.07) is 2.77. The van der Waals surface area contributed by atoms with Crippen LogP contribution in [0.2, 0.25) is 5.15 Å². The maximum atomic E-state index is 15.0. The largest absolute Gasteiger partial charge is 0.396 e. The molecule has 2 aliphatic heterocycles. The van der Waals surface area contributed by atoms with Gasteiger partial charge in [0.25, 0.3) is 5.56 Å². The first-order chi connectivity index (χ1) is 14.5. The Balaban J connectivity index is 1.86. The van der Waals surface area contributed by atoms with Crippen molar-refractivity contribution in [3.05, 3.63) is 51.0 Å². The molecule has 1 saturated heterocycles. The van der Waals surface area contributed by atoms with Crippen molar-refractivity contribution in [2.75, 3.05) is 24.7 Å². The molecule has 4 rings (SSSR count). The van der Waals surface area contributed by atoms with Gasteiger partial charge in [-0.2, -0.15) is 17.6 Å². The Morgan fingerprint density at radius 2 is 2.13 bits per heavy atom. The minimum atomic E-state index is -4.64. The topological polar surface area (TPSA) is 60.2 Å². The van der Waals surface area contributed by atoms with E-state index in [-0.39, 0.29) is 35.8 Å². The average molecular weight is 461 g/mol. The number of ether oxygens (including phenoxy) is 1. The van der Waals surface area contributed by atoms with Crippen LogP contribution in [0.1, 0.15) is 31.2 Å². The highest BCUT2D eigenvalue weighted by Gasteiger charge is 2.61. The molecule has 31 heavy (non-hydrogen) atoms. The molecule has 11 heteroatoms. The number of hydrogen-bond acceptors (Lipinski definition) is 5. The molecule has 0 aromatic carbocycles. The maximum absolute atomic E-state index is 15.0. The van der Waals surface area contributed by atoms with E-state index in [4.69, 9.17) is 16.3 Å². The predicted molar refractivity (Wildman–Crippen MR) is 106 cm³/mol. The van der Waals surface area contributed by atoms with Gasteiger partial charge in [0.2, 0.25) is 5.82 Å². The van der Waals surface area contributed by atoms with Gasteiger partial charge in [0, 0.05) is 25.2 Å². The third-order valence-corrected chi connectivity index (χ3v) is 6.42. The van der Waals surface area contributed by atoms with E-state index in [0.717, 1.165) is 11.5 Å². The van der Waals surface area contributed by atoms with E-state index < -0.39 is 35.4 Å². The van der Waals surface area contributed by atoms with Crippen molar-refractivity contribution in [3.8, 4) is 0 Å². The first-order valence-electron chi connectivity index (χ1n) is 9.84. The molecule has 0 amide bonds. The number of morpholine rings is 1. The van der Waals surface area contributed by atoms with Crippen molar-refractivity contribution in [2.24, 2.45) is 5.41 Å². The van der Waals surface area contributed by atoms with Crippen LogP contribution in [0.15, 0.2) is 23.1 Å². The van der Waals surface area contributed by atoms with Crippen molar-refractivity contribution in [1.82, 2.24) is 14.5 Å². The first kappa shape index (κ1) is 22.0. The Bertz CT molecular complexity index is 1060. The van der Waals surface area contributed by atoms with Gasteiger partial charge in [-0.15, -0.1) is 0 Å². The molecule has 0 spiro atoms. The lowest BCUT2D eigenvalue weighted by atomic mass is 9.75. The van der Waals surface area contributed by atoms with E-state index in [9.17, 15) is 22.4 Å². The fourth-order valence-corrected chi connectivity index (χ4v) is 4.52. The zero-order chi connectivity index (χ0) is 22.6. The van der Waals surface area contributed by atoms with Crippen LogP contribution in [0, 0.1) is 11.2 Å². The van der Waals surface area contributed by atoms with E-state index in [0.29, 0.717) is 18.8 Å². The summed E-state index contributed by atoms with van der Waals surface area (Å²) in [5, 5.41) is 0.150. The number of alkyl halides is 3. The SMILES string of the molecule is C[C@@H]1COCCN1c1nc2n(c(=O)c1F)C[C@@](C)(C(F)(F)F)C2Cc1ccnc(Cl)c1. The highest BCUT2D eigenvalue weighted by Crippen LogP contribution is 2.54. The molecule has 0 saturated carbocycles. The highest BCUT2D eigenvalue weighted by molar-refractivity contribution is 6.29. The highest BCUT2D eigenvalue weighted by atomic mass is 35.5. The van der Waals surface area contributed by atoms with E-state index in [1.807, 2.05) is 0 Å². The predicted octanol–water partition coefficient (Wildman–Crippen LogP) is 3.56. The van der Waals surface area contributed by atoms with Crippen molar-refractivity contribution in [2.45, 2.75) is 44.9 Å². The van der Waals surface area contributed by atoms with Crippen LogP contribution in [0.25, 0.3) is 0 Å². The van der Waals surface area contributed by atoms with Gasteiger partial charge >= 0.3 is 6.18 Å². The van der Waals surface area contributed by atoms with E-state index in [2.05, 4.69) is 9.97 Å². The van der Waals surface area contributed by atoms with Gasteiger partial charge in [-0.05, 0) is 38.0 Å². The van der Waals surface area contributed by atoms with Gasteiger partial charge < -0.3 is 9.64 Å². The summed E-state index contributed by atoms with van der Waals surface area (Å²) < 4.78 is 63.7. The molecule has 0 bridgehead atoms. The maximum Gasteiger partial charge on any atom is 0.396 e. The molecular formula is C20H21ClF4N4O2. The lowest BCUT2D eigenvalue weighted by Gasteiger charge is -2.35. The summed E-state index contributed by atoms with van der Waals surface area (Å²) in [5.41, 5.74) is -2.87. The van der Waals surface area contributed by atoms with E-state index in [1.54, 1.807) is 17.9 Å². The molecule has 2 aliphatic rings. The molecule has 0 N–H and O–H groups in total. The second kappa shape index (κ2) is 7.74. The third kappa shape index (κ3) is 3.69. The fourth-order valence-electron chi connectivity index (χ4n) is 4.32. The Labute approximate surface area is 180 Å². The van der Waals surface area contributed by atoms with Crippen LogP contribution < -0.4 is 10.5 Å². The number of rotatable bonds is 3. The van der Waals surface area contributed by atoms with Crippen molar-refractivity contribution in [1.29, 1.82) is 0 Å². The second-order valence-corrected chi connectivity index (χ2v) is 8.66.